The first kappa shape index (κ1) is 13.9. The van der Waals surface area contributed by atoms with Crippen molar-refractivity contribution in [1.29, 1.82) is 0 Å². The van der Waals surface area contributed by atoms with Crippen LogP contribution in [-0.4, -0.2) is 36.3 Å². The number of rotatable bonds is 3. The number of aliphatic hydroxyl groups excluding tert-OH is 1. The molecule has 2 heterocycles. The second-order valence-electron chi connectivity index (χ2n) is 5.42. The number of hydrogen-bond acceptors (Lipinski definition) is 4. The first-order chi connectivity index (χ1) is 10.3. The third kappa shape index (κ3) is 3.00. The van der Waals surface area contributed by atoms with Crippen molar-refractivity contribution in [2.75, 3.05) is 36.0 Å². The molecule has 0 radical (unpaired) electrons. The van der Waals surface area contributed by atoms with Crippen molar-refractivity contribution in [2.45, 2.75) is 13.5 Å². The van der Waals surface area contributed by atoms with E-state index in [1.165, 1.54) is 5.69 Å². The monoisotopic (exact) mass is 283 g/mol. The van der Waals surface area contributed by atoms with Gasteiger partial charge in [0.15, 0.2) is 0 Å². The van der Waals surface area contributed by atoms with Crippen LogP contribution in [0.5, 0.6) is 0 Å². The lowest BCUT2D eigenvalue weighted by atomic mass is 10.1. The van der Waals surface area contributed by atoms with Gasteiger partial charge in [0.2, 0.25) is 0 Å². The number of aromatic nitrogens is 1. The molecule has 1 aliphatic rings. The normalized spacial score (nSPS) is 15.3. The molecule has 1 fully saturated rings. The highest BCUT2D eigenvalue weighted by molar-refractivity contribution is 5.56. The van der Waals surface area contributed by atoms with Crippen LogP contribution in [-0.2, 0) is 6.61 Å². The summed E-state index contributed by atoms with van der Waals surface area (Å²) in [6.07, 6.45) is 1.79. The predicted octanol–water partition coefficient (Wildman–Crippen LogP) is 2.21. The molecule has 0 amide bonds. The molecule has 4 nitrogen and oxygen atoms in total. The Morgan fingerprint density at radius 2 is 1.71 bits per heavy atom. The second-order valence-corrected chi connectivity index (χ2v) is 5.42. The van der Waals surface area contributed by atoms with E-state index in [9.17, 15) is 5.11 Å². The molecule has 0 atom stereocenters. The van der Waals surface area contributed by atoms with Gasteiger partial charge in [-0.1, -0.05) is 18.2 Å². The van der Waals surface area contributed by atoms with Crippen molar-refractivity contribution >= 4 is 11.4 Å². The molecule has 0 bridgehead atoms. The Labute approximate surface area is 125 Å². The Hall–Kier alpha value is -2.07. The van der Waals surface area contributed by atoms with E-state index >= 15 is 0 Å². The van der Waals surface area contributed by atoms with Crippen LogP contribution in [0.3, 0.4) is 0 Å². The Bertz CT molecular complexity index is 592. The quantitative estimate of drug-likeness (QED) is 0.937. The van der Waals surface area contributed by atoms with Crippen LogP contribution < -0.4 is 9.80 Å². The third-order valence-corrected chi connectivity index (χ3v) is 4.01. The zero-order valence-electron chi connectivity index (χ0n) is 12.4. The van der Waals surface area contributed by atoms with Crippen molar-refractivity contribution in [3.8, 4) is 0 Å². The van der Waals surface area contributed by atoms with E-state index in [-0.39, 0.29) is 6.61 Å². The summed E-state index contributed by atoms with van der Waals surface area (Å²) in [4.78, 5) is 9.02. The Balaban J connectivity index is 1.73. The van der Waals surface area contributed by atoms with Crippen molar-refractivity contribution in [1.82, 2.24) is 4.98 Å². The van der Waals surface area contributed by atoms with Gasteiger partial charge in [-0.25, -0.2) is 0 Å². The van der Waals surface area contributed by atoms with E-state index in [0.717, 1.165) is 43.1 Å². The molecule has 2 aromatic rings. The smallest absolute Gasteiger partial charge is 0.0717 e. The van der Waals surface area contributed by atoms with Gasteiger partial charge in [-0.05, 0) is 25.1 Å². The van der Waals surface area contributed by atoms with Crippen LogP contribution in [0, 0.1) is 6.92 Å². The fraction of sp³-hybridized carbons (Fsp3) is 0.353. The largest absolute Gasteiger partial charge is 0.392 e. The van der Waals surface area contributed by atoms with Gasteiger partial charge >= 0.3 is 0 Å². The van der Waals surface area contributed by atoms with Crippen LogP contribution in [0.15, 0.2) is 42.6 Å². The van der Waals surface area contributed by atoms with E-state index in [1.807, 2.05) is 13.0 Å². The molecular weight excluding hydrogens is 262 g/mol. The van der Waals surface area contributed by atoms with E-state index in [4.69, 9.17) is 0 Å². The number of pyridine rings is 1. The van der Waals surface area contributed by atoms with E-state index < -0.39 is 0 Å². The molecule has 0 aliphatic carbocycles. The first-order valence-corrected chi connectivity index (χ1v) is 7.39. The molecule has 1 aromatic heterocycles. The fourth-order valence-corrected chi connectivity index (χ4v) is 2.83. The van der Waals surface area contributed by atoms with Crippen molar-refractivity contribution in [3.63, 3.8) is 0 Å². The zero-order chi connectivity index (χ0) is 14.7. The molecule has 3 rings (SSSR count). The Morgan fingerprint density at radius 3 is 2.38 bits per heavy atom. The summed E-state index contributed by atoms with van der Waals surface area (Å²) >= 11 is 0. The summed E-state index contributed by atoms with van der Waals surface area (Å²) in [7, 11) is 0. The fourth-order valence-electron chi connectivity index (χ4n) is 2.83. The summed E-state index contributed by atoms with van der Waals surface area (Å²) in [5, 5.41) is 9.49. The van der Waals surface area contributed by atoms with Gasteiger partial charge in [-0.15, -0.1) is 0 Å². The Morgan fingerprint density at radius 1 is 1.05 bits per heavy atom. The van der Waals surface area contributed by atoms with Gasteiger partial charge in [0, 0.05) is 55.0 Å². The molecule has 1 aromatic carbocycles. The van der Waals surface area contributed by atoms with Gasteiger partial charge in [0.1, 0.15) is 0 Å². The van der Waals surface area contributed by atoms with Gasteiger partial charge < -0.3 is 14.9 Å². The number of anilines is 2. The van der Waals surface area contributed by atoms with Crippen LogP contribution in [0.25, 0.3) is 0 Å². The predicted molar refractivity (Wildman–Crippen MR) is 85.8 cm³/mol. The molecule has 0 spiro atoms. The molecular formula is C17H21N3O. The van der Waals surface area contributed by atoms with E-state index in [1.54, 1.807) is 6.20 Å². The molecule has 0 saturated carbocycles. The lowest BCUT2D eigenvalue weighted by Crippen LogP contribution is -2.46. The molecule has 0 unspecified atom stereocenters. The van der Waals surface area contributed by atoms with Gasteiger partial charge in [0.25, 0.3) is 0 Å². The number of aryl methyl sites for hydroxylation is 1. The molecule has 1 aliphatic heterocycles. The number of para-hydroxylation sites is 1. The van der Waals surface area contributed by atoms with Gasteiger partial charge in [-0.3, -0.25) is 4.98 Å². The minimum absolute atomic E-state index is 0.0432. The molecule has 21 heavy (non-hydrogen) atoms. The average molecular weight is 283 g/mol. The van der Waals surface area contributed by atoms with Crippen LogP contribution in [0.4, 0.5) is 11.4 Å². The van der Waals surface area contributed by atoms with E-state index in [0.29, 0.717) is 0 Å². The number of benzene rings is 1. The highest BCUT2D eigenvalue weighted by Crippen LogP contribution is 2.24. The number of hydrogen-bond donors (Lipinski definition) is 1. The van der Waals surface area contributed by atoms with Gasteiger partial charge in [0.05, 0.1) is 6.61 Å². The van der Waals surface area contributed by atoms with Gasteiger partial charge in [-0.2, -0.15) is 0 Å². The van der Waals surface area contributed by atoms with Crippen molar-refractivity contribution in [3.05, 3.63) is 53.9 Å². The lowest BCUT2D eigenvalue weighted by molar-refractivity contribution is 0.281. The third-order valence-electron chi connectivity index (χ3n) is 4.01. The summed E-state index contributed by atoms with van der Waals surface area (Å²) in [5.41, 5.74) is 4.31. The maximum absolute atomic E-state index is 9.49. The molecule has 1 N–H and O–H groups in total. The molecule has 4 heteroatoms. The summed E-state index contributed by atoms with van der Waals surface area (Å²) in [5.74, 6) is 0. The highest BCUT2D eigenvalue weighted by Gasteiger charge is 2.19. The molecule has 110 valence electrons. The summed E-state index contributed by atoms with van der Waals surface area (Å²) in [6, 6.07) is 12.6. The number of aliphatic hydroxyl groups is 1. The topological polar surface area (TPSA) is 39.6 Å². The first-order valence-electron chi connectivity index (χ1n) is 7.39. The van der Waals surface area contributed by atoms with Crippen molar-refractivity contribution in [2.24, 2.45) is 0 Å². The summed E-state index contributed by atoms with van der Waals surface area (Å²) < 4.78 is 0. The van der Waals surface area contributed by atoms with Crippen LogP contribution >= 0.6 is 0 Å². The minimum Gasteiger partial charge on any atom is -0.392 e. The standard InChI is InChI=1S/C17H21N3O/c1-14-11-17(15(13-21)12-18-14)20-9-7-19(8-10-20)16-5-3-2-4-6-16/h2-6,11-12,21H,7-10,13H2,1H3. The second kappa shape index (κ2) is 6.14. The zero-order valence-corrected chi connectivity index (χ0v) is 12.4. The van der Waals surface area contributed by atoms with Crippen LogP contribution in [0.2, 0.25) is 0 Å². The maximum atomic E-state index is 9.49. The maximum Gasteiger partial charge on any atom is 0.0717 e. The van der Waals surface area contributed by atoms with Crippen molar-refractivity contribution < 1.29 is 5.11 Å². The number of piperazine rings is 1. The van der Waals surface area contributed by atoms with E-state index in [2.05, 4.69) is 45.1 Å². The summed E-state index contributed by atoms with van der Waals surface area (Å²) in [6.45, 7) is 5.95. The lowest BCUT2D eigenvalue weighted by Gasteiger charge is -2.38. The highest BCUT2D eigenvalue weighted by atomic mass is 16.3. The SMILES string of the molecule is Cc1cc(N2CCN(c3ccccc3)CC2)c(CO)cn1. The molecule has 1 saturated heterocycles. The average Bonchev–Trinajstić information content (AvgIpc) is 2.56. The Kier molecular flexibility index (Phi) is 4.06. The number of nitrogens with zero attached hydrogens (tertiary/aromatic N) is 3. The minimum atomic E-state index is 0.0432. The van der Waals surface area contributed by atoms with Crippen LogP contribution in [0.1, 0.15) is 11.3 Å².